The Balaban J connectivity index is 1.36. The van der Waals surface area contributed by atoms with E-state index in [1.54, 1.807) is 36.5 Å². The molecule has 0 radical (unpaired) electrons. The first-order valence-electron chi connectivity index (χ1n) is 12.2. The van der Waals surface area contributed by atoms with Crippen molar-refractivity contribution in [1.82, 2.24) is 9.97 Å². The third-order valence-corrected chi connectivity index (χ3v) is 5.78. The number of amides is 1. The van der Waals surface area contributed by atoms with Gasteiger partial charge in [-0.05, 0) is 55.7 Å². The predicted octanol–water partition coefficient (Wildman–Crippen LogP) is 4.36. The van der Waals surface area contributed by atoms with E-state index in [9.17, 15) is 9.59 Å². The Bertz CT molecular complexity index is 1250. The lowest BCUT2D eigenvalue weighted by Gasteiger charge is -2.33. The van der Waals surface area contributed by atoms with Crippen LogP contribution in [-0.2, 0) is 9.53 Å². The zero-order valence-electron chi connectivity index (χ0n) is 20.9. The maximum absolute atomic E-state index is 12.5. The number of esters is 1. The van der Waals surface area contributed by atoms with Crippen molar-refractivity contribution in [3.05, 3.63) is 78.1 Å². The van der Waals surface area contributed by atoms with E-state index in [0.29, 0.717) is 30.4 Å². The van der Waals surface area contributed by atoms with Crippen LogP contribution in [0.25, 0.3) is 6.08 Å². The van der Waals surface area contributed by atoms with Gasteiger partial charge < -0.3 is 24.4 Å². The van der Waals surface area contributed by atoms with Gasteiger partial charge in [-0.15, -0.1) is 0 Å². The molecule has 1 fully saturated rings. The highest BCUT2D eigenvalue weighted by Gasteiger charge is 2.24. The summed E-state index contributed by atoms with van der Waals surface area (Å²) in [6.45, 7) is 3.99. The second-order valence-corrected chi connectivity index (χ2v) is 8.41. The molecule has 3 aromatic rings. The lowest BCUT2D eigenvalue weighted by Crippen LogP contribution is -2.41. The first-order chi connectivity index (χ1) is 18.1. The number of carbonyl (C=O) groups excluding carboxylic acids is 2. The van der Waals surface area contributed by atoms with Crippen LogP contribution in [0.1, 0.15) is 35.7 Å². The smallest absolute Gasteiger partial charge is 0.337 e. The molecular formula is C28H30N4O5. The highest BCUT2D eigenvalue weighted by molar-refractivity contribution is 6.01. The summed E-state index contributed by atoms with van der Waals surface area (Å²) in [4.78, 5) is 35.0. The number of anilines is 2. The van der Waals surface area contributed by atoms with E-state index in [4.69, 9.17) is 14.2 Å². The summed E-state index contributed by atoms with van der Waals surface area (Å²) in [7, 11) is 1.33. The van der Waals surface area contributed by atoms with Crippen molar-refractivity contribution in [3.8, 4) is 11.5 Å². The lowest BCUT2D eigenvalue weighted by molar-refractivity contribution is -0.111. The van der Waals surface area contributed by atoms with E-state index in [1.165, 1.54) is 19.4 Å². The van der Waals surface area contributed by atoms with Crippen LogP contribution in [0.5, 0.6) is 11.5 Å². The monoisotopic (exact) mass is 502 g/mol. The summed E-state index contributed by atoms with van der Waals surface area (Å²) < 4.78 is 16.6. The highest BCUT2D eigenvalue weighted by Crippen LogP contribution is 2.30. The van der Waals surface area contributed by atoms with Gasteiger partial charge in [0.05, 0.1) is 38.2 Å². The second kappa shape index (κ2) is 12.5. The Morgan fingerprint density at radius 2 is 1.89 bits per heavy atom. The Morgan fingerprint density at radius 1 is 1.11 bits per heavy atom. The first-order valence-corrected chi connectivity index (χ1v) is 12.2. The fraction of sp³-hybridized carbons (Fsp3) is 0.286. The van der Waals surface area contributed by atoms with Gasteiger partial charge in [0, 0.05) is 12.6 Å². The molecular weight excluding hydrogens is 472 g/mol. The van der Waals surface area contributed by atoms with Crippen molar-refractivity contribution in [2.24, 2.45) is 0 Å². The van der Waals surface area contributed by atoms with Gasteiger partial charge in [0.1, 0.15) is 11.9 Å². The fourth-order valence-corrected chi connectivity index (χ4v) is 4.00. The summed E-state index contributed by atoms with van der Waals surface area (Å²) in [5.74, 6) is 1.75. The highest BCUT2D eigenvalue weighted by atomic mass is 16.5. The van der Waals surface area contributed by atoms with Crippen LogP contribution in [0.4, 0.5) is 11.6 Å². The molecule has 1 aliphatic rings. The zero-order chi connectivity index (χ0) is 26.0. The van der Waals surface area contributed by atoms with Gasteiger partial charge in [-0.25, -0.2) is 9.78 Å². The van der Waals surface area contributed by atoms with Crippen LogP contribution in [0.3, 0.4) is 0 Å². The predicted molar refractivity (Wildman–Crippen MR) is 141 cm³/mol. The van der Waals surface area contributed by atoms with Crippen molar-refractivity contribution < 1.29 is 23.8 Å². The Labute approximate surface area is 216 Å². The van der Waals surface area contributed by atoms with Crippen molar-refractivity contribution in [2.75, 3.05) is 37.0 Å². The van der Waals surface area contributed by atoms with Crippen LogP contribution in [0, 0.1) is 0 Å². The van der Waals surface area contributed by atoms with Crippen molar-refractivity contribution >= 4 is 29.6 Å². The minimum Gasteiger partial charge on any atom is -0.490 e. The number of hydrogen-bond donors (Lipinski definition) is 1. The lowest BCUT2D eigenvalue weighted by atomic mass is 10.1. The second-order valence-electron chi connectivity index (χ2n) is 8.41. The van der Waals surface area contributed by atoms with E-state index in [1.807, 2.05) is 31.2 Å². The van der Waals surface area contributed by atoms with E-state index in [2.05, 4.69) is 20.2 Å². The molecule has 0 spiro atoms. The molecule has 9 heteroatoms. The molecule has 2 heterocycles. The van der Waals surface area contributed by atoms with E-state index in [-0.39, 0.29) is 12.0 Å². The molecule has 0 bridgehead atoms. The Hall–Kier alpha value is -4.40. The number of rotatable bonds is 9. The largest absolute Gasteiger partial charge is 0.490 e. The topological polar surface area (TPSA) is 103 Å². The average molecular weight is 503 g/mol. The van der Waals surface area contributed by atoms with Crippen LogP contribution in [0.15, 0.2) is 67.0 Å². The minimum absolute atomic E-state index is 0.0242. The van der Waals surface area contributed by atoms with Gasteiger partial charge in [-0.3, -0.25) is 9.78 Å². The number of para-hydroxylation sites is 2. The summed E-state index contributed by atoms with van der Waals surface area (Å²) in [6.07, 6.45) is 8.09. The number of carbonyl (C=O) groups is 2. The Kier molecular flexibility index (Phi) is 8.70. The fourth-order valence-electron chi connectivity index (χ4n) is 4.00. The number of benzene rings is 2. The number of aromatic nitrogens is 2. The molecule has 1 aromatic heterocycles. The van der Waals surface area contributed by atoms with Gasteiger partial charge in [-0.2, -0.15) is 0 Å². The summed E-state index contributed by atoms with van der Waals surface area (Å²) in [5.41, 5.74) is 1.22. The molecule has 1 amide bonds. The molecule has 1 atom stereocenters. The van der Waals surface area contributed by atoms with Crippen molar-refractivity contribution in [1.29, 1.82) is 0 Å². The average Bonchev–Trinajstić information content (AvgIpc) is 2.93. The first kappa shape index (κ1) is 25.7. The molecule has 1 saturated heterocycles. The van der Waals surface area contributed by atoms with E-state index in [0.717, 1.165) is 36.4 Å². The standard InChI is InChI=1S/C28H30N4O5/c1-3-36-23-8-4-5-9-24(23)37-22-7-6-16-32(19-22)26-18-29-17-25(30-26)31-27(33)15-12-20-10-13-21(14-11-20)28(34)35-2/h4-5,8-15,17-18,22H,3,6-7,16,19H2,1-2H3,(H,30,31,33). The molecule has 1 unspecified atom stereocenters. The molecule has 0 saturated carbocycles. The van der Waals surface area contributed by atoms with Crippen molar-refractivity contribution in [2.45, 2.75) is 25.9 Å². The molecule has 1 aliphatic heterocycles. The molecule has 9 nitrogen and oxygen atoms in total. The molecule has 192 valence electrons. The summed E-state index contributed by atoms with van der Waals surface area (Å²) in [6, 6.07) is 14.4. The number of ether oxygens (including phenoxy) is 3. The number of piperidine rings is 1. The van der Waals surface area contributed by atoms with Crippen LogP contribution in [0.2, 0.25) is 0 Å². The SMILES string of the molecule is CCOc1ccccc1OC1CCCN(c2cncc(NC(=O)C=Cc3ccc(C(=O)OC)cc3)n2)C1. The maximum atomic E-state index is 12.5. The summed E-state index contributed by atoms with van der Waals surface area (Å²) >= 11 is 0. The van der Waals surface area contributed by atoms with E-state index < -0.39 is 5.97 Å². The third kappa shape index (κ3) is 7.07. The van der Waals surface area contributed by atoms with Gasteiger partial charge >= 0.3 is 5.97 Å². The maximum Gasteiger partial charge on any atom is 0.337 e. The normalized spacial score (nSPS) is 15.3. The molecule has 0 aliphatic carbocycles. The van der Waals surface area contributed by atoms with Gasteiger partial charge in [0.15, 0.2) is 17.3 Å². The Morgan fingerprint density at radius 3 is 2.65 bits per heavy atom. The third-order valence-electron chi connectivity index (χ3n) is 5.78. The molecule has 2 aromatic carbocycles. The quantitative estimate of drug-likeness (QED) is 0.340. The van der Waals surface area contributed by atoms with E-state index >= 15 is 0 Å². The number of hydrogen-bond acceptors (Lipinski definition) is 8. The van der Waals surface area contributed by atoms with Gasteiger partial charge in [0.2, 0.25) is 5.91 Å². The van der Waals surface area contributed by atoms with Gasteiger partial charge in [-0.1, -0.05) is 24.3 Å². The van der Waals surface area contributed by atoms with Crippen LogP contribution < -0.4 is 19.7 Å². The number of nitrogens with zero attached hydrogens (tertiary/aromatic N) is 3. The number of nitrogens with one attached hydrogen (secondary N) is 1. The molecule has 4 rings (SSSR count). The van der Waals surface area contributed by atoms with Crippen LogP contribution >= 0.6 is 0 Å². The molecule has 1 N–H and O–H groups in total. The zero-order valence-corrected chi connectivity index (χ0v) is 20.9. The number of methoxy groups -OCH3 is 1. The minimum atomic E-state index is -0.409. The van der Waals surface area contributed by atoms with Gasteiger partial charge in [0.25, 0.3) is 0 Å². The summed E-state index contributed by atoms with van der Waals surface area (Å²) in [5, 5.41) is 2.76. The van der Waals surface area contributed by atoms with Crippen molar-refractivity contribution in [3.63, 3.8) is 0 Å². The van der Waals surface area contributed by atoms with Crippen LogP contribution in [-0.4, -0.2) is 54.8 Å². The molecule has 37 heavy (non-hydrogen) atoms.